The van der Waals surface area contributed by atoms with Gasteiger partial charge in [-0.25, -0.2) is 0 Å². The van der Waals surface area contributed by atoms with Gasteiger partial charge >= 0.3 is 0 Å². The van der Waals surface area contributed by atoms with Gasteiger partial charge in [0, 0.05) is 12.6 Å². The van der Waals surface area contributed by atoms with Crippen molar-refractivity contribution in [3.05, 3.63) is 0 Å². The minimum absolute atomic E-state index is 0.0656. The molecule has 2 heteroatoms. The van der Waals surface area contributed by atoms with Gasteiger partial charge in [0.05, 0.1) is 6.10 Å². The maximum Gasteiger partial charge on any atom is 0.0695 e. The van der Waals surface area contributed by atoms with Crippen LogP contribution in [0.3, 0.4) is 0 Å². The van der Waals surface area contributed by atoms with Crippen LogP contribution < -0.4 is 0 Å². The third-order valence-electron chi connectivity index (χ3n) is 4.27. The van der Waals surface area contributed by atoms with Crippen molar-refractivity contribution in [1.29, 1.82) is 0 Å². The van der Waals surface area contributed by atoms with E-state index in [1.807, 2.05) is 0 Å². The molecule has 0 heterocycles. The molecule has 2 fully saturated rings. The SMILES string of the molecule is CC1CCCCC1N(C)CC(O)C1CC1. The molecular formula is C13H25NO. The average Bonchev–Trinajstić information content (AvgIpc) is 3.01. The van der Waals surface area contributed by atoms with Crippen molar-refractivity contribution >= 4 is 0 Å². The highest BCUT2D eigenvalue weighted by Gasteiger charge is 2.32. The second-order valence-electron chi connectivity index (χ2n) is 5.67. The summed E-state index contributed by atoms with van der Waals surface area (Å²) in [5.74, 6) is 1.43. The molecule has 0 aromatic heterocycles. The topological polar surface area (TPSA) is 23.5 Å². The summed E-state index contributed by atoms with van der Waals surface area (Å²) >= 11 is 0. The molecule has 3 atom stereocenters. The van der Waals surface area contributed by atoms with E-state index in [4.69, 9.17) is 0 Å². The van der Waals surface area contributed by atoms with Crippen molar-refractivity contribution in [2.75, 3.05) is 13.6 Å². The molecule has 2 aliphatic carbocycles. The Labute approximate surface area is 93.7 Å². The highest BCUT2D eigenvalue weighted by Crippen LogP contribution is 2.34. The number of hydrogen-bond acceptors (Lipinski definition) is 2. The van der Waals surface area contributed by atoms with Gasteiger partial charge < -0.3 is 10.0 Å². The Morgan fingerprint density at radius 3 is 2.47 bits per heavy atom. The summed E-state index contributed by atoms with van der Waals surface area (Å²) in [6.07, 6.45) is 7.90. The van der Waals surface area contributed by atoms with Gasteiger partial charge in [-0.3, -0.25) is 0 Å². The summed E-state index contributed by atoms with van der Waals surface area (Å²) in [5, 5.41) is 9.93. The van der Waals surface area contributed by atoms with Crippen LogP contribution in [0.1, 0.15) is 45.4 Å². The molecule has 0 bridgehead atoms. The largest absolute Gasteiger partial charge is 0.392 e. The van der Waals surface area contributed by atoms with E-state index < -0.39 is 0 Å². The Morgan fingerprint density at radius 1 is 1.20 bits per heavy atom. The van der Waals surface area contributed by atoms with Gasteiger partial charge in [-0.15, -0.1) is 0 Å². The predicted molar refractivity (Wildman–Crippen MR) is 62.8 cm³/mol. The van der Waals surface area contributed by atoms with Gasteiger partial charge in [0.15, 0.2) is 0 Å². The van der Waals surface area contributed by atoms with Crippen LogP contribution in [0.2, 0.25) is 0 Å². The Bertz CT molecular complexity index is 203. The summed E-state index contributed by atoms with van der Waals surface area (Å²) in [7, 11) is 2.19. The third-order valence-corrected chi connectivity index (χ3v) is 4.27. The summed E-state index contributed by atoms with van der Waals surface area (Å²) in [4.78, 5) is 2.41. The highest BCUT2D eigenvalue weighted by atomic mass is 16.3. The Balaban J connectivity index is 1.79. The minimum Gasteiger partial charge on any atom is -0.392 e. The summed E-state index contributed by atoms with van der Waals surface area (Å²) in [5.41, 5.74) is 0. The van der Waals surface area contributed by atoms with E-state index in [0.29, 0.717) is 12.0 Å². The van der Waals surface area contributed by atoms with Crippen LogP contribution in [0.5, 0.6) is 0 Å². The third kappa shape index (κ3) is 2.94. The molecule has 0 aliphatic heterocycles. The van der Waals surface area contributed by atoms with Gasteiger partial charge in [-0.2, -0.15) is 0 Å². The number of aliphatic hydroxyl groups excluding tert-OH is 1. The predicted octanol–water partition coefficient (Wildman–Crippen LogP) is 2.27. The molecule has 0 aromatic rings. The molecule has 15 heavy (non-hydrogen) atoms. The molecule has 0 amide bonds. The minimum atomic E-state index is -0.0656. The summed E-state index contributed by atoms with van der Waals surface area (Å²) in [6, 6.07) is 0.715. The quantitative estimate of drug-likeness (QED) is 0.771. The molecule has 88 valence electrons. The maximum absolute atomic E-state index is 9.93. The molecule has 2 aliphatic rings. The van der Waals surface area contributed by atoms with Crippen LogP contribution in [0.25, 0.3) is 0 Å². The zero-order valence-electron chi connectivity index (χ0n) is 10.2. The smallest absolute Gasteiger partial charge is 0.0695 e. The van der Waals surface area contributed by atoms with Crippen molar-refractivity contribution < 1.29 is 5.11 Å². The van der Waals surface area contributed by atoms with Crippen molar-refractivity contribution in [2.24, 2.45) is 11.8 Å². The van der Waals surface area contributed by atoms with E-state index >= 15 is 0 Å². The van der Waals surface area contributed by atoms with Crippen LogP contribution in [0.15, 0.2) is 0 Å². The molecule has 0 radical (unpaired) electrons. The first-order valence-electron chi connectivity index (χ1n) is 6.57. The van der Waals surface area contributed by atoms with E-state index in [1.165, 1.54) is 38.5 Å². The highest BCUT2D eigenvalue weighted by molar-refractivity contribution is 4.86. The van der Waals surface area contributed by atoms with Gasteiger partial charge in [-0.05, 0) is 44.6 Å². The van der Waals surface area contributed by atoms with Crippen molar-refractivity contribution in [3.63, 3.8) is 0 Å². The molecule has 0 saturated heterocycles. The lowest BCUT2D eigenvalue weighted by Gasteiger charge is -2.37. The second kappa shape index (κ2) is 4.84. The summed E-state index contributed by atoms with van der Waals surface area (Å²) in [6.45, 7) is 3.25. The fourth-order valence-corrected chi connectivity index (χ4v) is 3.01. The lowest BCUT2D eigenvalue weighted by atomic mass is 9.85. The zero-order valence-corrected chi connectivity index (χ0v) is 10.2. The first kappa shape index (κ1) is 11.4. The van der Waals surface area contributed by atoms with Gasteiger partial charge in [0.1, 0.15) is 0 Å². The van der Waals surface area contributed by atoms with Gasteiger partial charge in [-0.1, -0.05) is 19.8 Å². The van der Waals surface area contributed by atoms with Crippen LogP contribution in [-0.2, 0) is 0 Å². The van der Waals surface area contributed by atoms with Gasteiger partial charge in [0.2, 0.25) is 0 Å². The number of hydrogen-bond donors (Lipinski definition) is 1. The van der Waals surface area contributed by atoms with Crippen molar-refractivity contribution in [2.45, 2.75) is 57.6 Å². The number of rotatable bonds is 4. The lowest BCUT2D eigenvalue weighted by Crippen LogP contribution is -2.43. The Kier molecular flexibility index (Phi) is 3.68. The summed E-state index contributed by atoms with van der Waals surface area (Å²) < 4.78 is 0. The fourth-order valence-electron chi connectivity index (χ4n) is 3.01. The van der Waals surface area contributed by atoms with Crippen LogP contribution in [0, 0.1) is 11.8 Å². The Hall–Kier alpha value is -0.0800. The van der Waals surface area contributed by atoms with E-state index in [9.17, 15) is 5.11 Å². The molecule has 3 unspecified atom stereocenters. The van der Waals surface area contributed by atoms with E-state index in [0.717, 1.165) is 12.5 Å². The molecular weight excluding hydrogens is 186 g/mol. The van der Waals surface area contributed by atoms with Crippen LogP contribution in [0.4, 0.5) is 0 Å². The number of nitrogens with zero attached hydrogens (tertiary/aromatic N) is 1. The van der Waals surface area contributed by atoms with Gasteiger partial charge in [0.25, 0.3) is 0 Å². The maximum atomic E-state index is 9.93. The standard InChI is InChI=1S/C13H25NO/c1-10-5-3-4-6-12(10)14(2)9-13(15)11-7-8-11/h10-13,15H,3-9H2,1-2H3. The molecule has 2 saturated carbocycles. The van der Waals surface area contributed by atoms with E-state index in [-0.39, 0.29) is 6.10 Å². The first-order valence-corrected chi connectivity index (χ1v) is 6.57. The number of aliphatic hydroxyl groups is 1. The normalized spacial score (nSPS) is 34.4. The van der Waals surface area contributed by atoms with Crippen molar-refractivity contribution in [1.82, 2.24) is 4.90 Å². The molecule has 2 rings (SSSR count). The average molecular weight is 211 g/mol. The van der Waals surface area contributed by atoms with Crippen LogP contribution in [-0.4, -0.2) is 35.7 Å². The molecule has 0 aromatic carbocycles. The first-order chi connectivity index (χ1) is 7.18. The monoisotopic (exact) mass is 211 g/mol. The molecule has 1 N–H and O–H groups in total. The zero-order chi connectivity index (χ0) is 10.8. The number of likely N-dealkylation sites (N-methyl/N-ethyl adjacent to an activating group) is 1. The van der Waals surface area contributed by atoms with Crippen molar-refractivity contribution in [3.8, 4) is 0 Å². The molecule has 0 spiro atoms. The fraction of sp³-hybridized carbons (Fsp3) is 1.00. The Morgan fingerprint density at radius 2 is 1.87 bits per heavy atom. The second-order valence-corrected chi connectivity index (χ2v) is 5.67. The van der Waals surface area contributed by atoms with E-state index in [1.54, 1.807) is 0 Å². The molecule has 2 nitrogen and oxygen atoms in total. The van der Waals surface area contributed by atoms with E-state index in [2.05, 4.69) is 18.9 Å². The van der Waals surface area contributed by atoms with Crippen LogP contribution >= 0.6 is 0 Å². The lowest BCUT2D eigenvalue weighted by molar-refractivity contribution is 0.0603.